The molecule has 0 unspecified atom stereocenters. The van der Waals surface area contributed by atoms with Gasteiger partial charge in [0.25, 0.3) is 10.0 Å². The van der Waals surface area contributed by atoms with Crippen molar-refractivity contribution < 1.29 is 27.0 Å². The Labute approximate surface area is 163 Å². The quantitative estimate of drug-likeness (QED) is 0.505. The largest absolute Gasteiger partial charge is 0.494 e. The van der Waals surface area contributed by atoms with Crippen LogP contribution in [0.3, 0.4) is 0 Å². The predicted octanol–water partition coefficient (Wildman–Crippen LogP) is 1.69. The Bertz CT molecular complexity index is 964. The summed E-state index contributed by atoms with van der Waals surface area (Å²) in [6, 6.07) is 8.68. The first-order chi connectivity index (χ1) is 13.3. The Kier molecular flexibility index (Phi) is 7.05. The molecule has 0 aliphatic rings. The molecule has 10 heteroatoms. The van der Waals surface area contributed by atoms with Gasteiger partial charge in [-0.15, -0.1) is 0 Å². The number of nitrogens with one attached hydrogen (secondary N) is 1. The van der Waals surface area contributed by atoms with Gasteiger partial charge in [-0.2, -0.15) is 0 Å². The van der Waals surface area contributed by atoms with Crippen LogP contribution in [0, 0.1) is 5.82 Å². The fourth-order valence-electron chi connectivity index (χ4n) is 2.38. The minimum Gasteiger partial charge on any atom is -0.494 e. The molecular formula is C18H22FN3O5S. The molecule has 2 aromatic carbocycles. The summed E-state index contributed by atoms with van der Waals surface area (Å²) in [5.74, 6) is 0.0366. The predicted molar refractivity (Wildman–Crippen MR) is 103 cm³/mol. The smallest absolute Gasteiger partial charge is 0.264 e. The van der Waals surface area contributed by atoms with Gasteiger partial charge in [0, 0.05) is 6.54 Å². The molecule has 0 aliphatic carbocycles. The van der Waals surface area contributed by atoms with Gasteiger partial charge < -0.3 is 19.9 Å². The van der Waals surface area contributed by atoms with Crippen LogP contribution in [0.15, 0.2) is 46.3 Å². The lowest BCUT2D eigenvalue weighted by atomic mass is 10.1. The fourth-order valence-corrected chi connectivity index (χ4v) is 3.35. The third-order valence-corrected chi connectivity index (χ3v) is 5.16. The molecule has 2 aromatic rings. The highest BCUT2D eigenvalue weighted by Gasteiger charge is 2.17. The van der Waals surface area contributed by atoms with E-state index in [9.17, 15) is 12.8 Å². The van der Waals surface area contributed by atoms with E-state index in [-0.39, 0.29) is 23.1 Å². The molecule has 0 radical (unpaired) electrons. The van der Waals surface area contributed by atoms with Crippen LogP contribution in [0.4, 0.5) is 4.39 Å². The molecule has 2 rings (SSSR count). The summed E-state index contributed by atoms with van der Waals surface area (Å²) in [5.41, 5.74) is 6.57. The van der Waals surface area contributed by atoms with Crippen molar-refractivity contribution in [2.24, 2.45) is 10.7 Å². The van der Waals surface area contributed by atoms with Crippen LogP contribution in [0.5, 0.6) is 17.2 Å². The second-order valence-corrected chi connectivity index (χ2v) is 7.29. The number of nitrogens with zero attached hydrogens (tertiary/aromatic N) is 1. The maximum absolute atomic E-state index is 13.7. The van der Waals surface area contributed by atoms with Gasteiger partial charge in [0.2, 0.25) is 5.96 Å². The zero-order chi connectivity index (χ0) is 20.7. The molecule has 28 heavy (non-hydrogen) atoms. The highest BCUT2D eigenvalue weighted by molar-refractivity contribution is 7.90. The number of benzene rings is 2. The molecule has 8 nitrogen and oxygen atoms in total. The van der Waals surface area contributed by atoms with Crippen LogP contribution in [-0.4, -0.2) is 42.3 Å². The Hall–Kier alpha value is -3.01. The molecule has 0 heterocycles. The van der Waals surface area contributed by atoms with E-state index < -0.39 is 15.8 Å². The van der Waals surface area contributed by atoms with Gasteiger partial charge in [-0.05, 0) is 42.3 Å². The van der Waals surface area contributed by atoms with Crippen LogP contribution < -0.4 is 24.7 Å². The Balaban J connectivity index is 2.03. The van der Waals surface area contributed by atoms with Gasteiger partial charge in [-0.3, -0.25) is 4.99 Å². The lowest BCUT2D eigenvalue weighted by molar-refractivity contribution is 0.354. The van der Waals surface area contributed by atoms with Crippen LogP contribution >= 0.6 is 0 Å². The van der Waals surface area contributed by atoms with Crippen molar-refractivity contribution in [1.82, 2.24) is 4.72 Å². The molecule has 0 aliphatic heterocycles. The van der Waals surface area contributed by atoms with E-state index in [0.29, 0.717) is 17.9 Å². The monoisotopic (exact) mass is 411 g/mol. The van der Waals surface area contributed by atoms with Gasteiger partial charge in [-0.25, -0.2) is 17.5 Å². The van der Waals surface area contributed by atoms with Crippen LogP contribution in [0.1, 0.15) is 5.56 Å². The lowest BCUT2D eigenvalue weighted by Crippen LogP contribution is -2.37. The van der Waals surface area contributed by atoms with E-state index in [2.05, 4.69) is 9.71 Å². The Morgan fingerprint density at radius 1 is 1.04 bits per heavy atom. The van der Waals surface area contributed by atoms with Gasteiger partial charge in [-0.1, -0.05) is 6.07 Å². The van der Waals surface area contributed by atoms with Crippen molar-refractivity contribution in [3.8, 4) is 17.2 Å². The minimum atomic E-state index is -4.06. The molecule has 0 bridgehead atoms. The summed E-state index contributed by atoms with van der Waals surface area (Å²) in [6.07, 6.45) is 0.500. The van der Waals surface area contributed by atoms with Crippen molar-refractivity contribution in [3.05, 3.63) is 47.8 Å². The van der Waals surface area contributed by atoms with Gasteiger partial charge in [0.05, 0.1) is 26.2 Å². The summed E-state index contributed by atoms with van der Waals surface area (Å²) >= 11 is 0. The molecule has 0 amide bonds. The summed E-state index contributed by atoms with van der Waals surface area (Å²) in [5, 5.41) is 0. The number of aliphatic imine (C=N–C) groups is 1. The zero-order valence-electron chi connectivity index (χ0n) is 15.7. The third-order valence-electron chi connectivity index (χ3n) is 3.80. The van der Waals surface area contributed by atoms with E-state index in [1.807, 2.05) is 6.07 Å². The van der Waals surface area contributed by atoms with E-state index in [1.165, 1.54) is 26.4 Å². The number of halogens is 1. The molecule has 0 aromatic heterocycles. The van der Waals surface area contributed by atoms with Crippen LogP contribution in [-0.2, 0) is 16.4 Å². The second-order valence-electron chi connectivity index (χ2n) is 5.61. The van der Waals surface area contributed by atoms with E-state index >= 15 is 0 Å². The number of sulfonamides is 1. The molecule has 0 spiro atoms. The molecule has 0 fully saturated rings. The normalized spacial score (nSPS) is 11.8. The minimum absolute atomic E-state index is 0.0597. The van der Waals surface area contributed by atoms with Gasteiger partial charge >= 0.3 is 0 Å². The summed E-state index contributed by atoms with van der Waals surface area (Å²) < 4.78 is 55.5. The first kappa shape index (κ1) is 21.3. The van der Waals surface area contributed by atoms with Crippen molar-refractivity contribution in [3.63, 3.8) is 0 Å². The number of methoxy groups -OCH3 is 3. The van der Waals surface area contributed by atoms with Crippen molar-refractivity contribution in [2.75, 3.05) is 27.9 Å². The number of ether oxygens (including phenoxy) is 3. The highest BCUT2D eigenvalue weighted by Crippen LogP contribution is 2.27. The molecular weight excluding hydrogens is 389 g/mol. The van der Waals surface area contributed by atoms with Crippen molar-refractivity contribution in [1.29, 1.82) is 0 Å². The van der Waals surface area contributed by atoms with Crippen LogP contribution in [0.2, 0.25) is 0 Å². The Morgan fingerprint density at radius 2 is 1.68 bits per heavy atom. The number of guanidine groups is 1. The molecule has 0 atom stereocenters. The first-order valence-electron chi connectivity index (χ1n) is 8.18. The number of rotatable bonds is 8. The molecule has 0 saturated carbocycles. The van der Waals surface area contributed by atoms with Crippen molar-refractivity contribution >= 4 is 16.0 Å². The lowest BCUT2D eigenvalue weighted by Gasteiger charge is -2.10. The standard InChI is InChI=1S/C18H22FN3O5S/c1-25-15-7-5-13(11-14(15)19)28(23,24)22-18(20)21-9-8-12-4-6-16(26-2)17(10-12)27-3/h4-7,10-11H,8-9H2,1-3H3,(H3,20,21,22). The van der Waals surface area contributed by atoms with Gasteiger partial charge in [0.1, 0.15) is 0 Å². The highest BCUT2D eigenvalue weighted by atomic mass is 32.2. The van der Waals surface area contributed by atoms with Crippen LogP contribution in [0.25, 0.3) is 0 Å². The average molecular weight is 411 g/mol. The van der Waals surface area contributed by atoms with Crippen molar-refractivity contribution in [2.45, 2.75) is 11.3 Å². The second kappa shape index (κ2) is 9.27. The third kappa shape index (κ3) is 5.26. The first-order valence-corrected chi connectivity index (χ1v) is 9.66. The molecule has 3 N–H and O–H groups in total. The van der Waals surface area contributed by atoms with E-state index in [1.54, 1.807) is 19.2 Å². The molecule has 152 valence electrons. The van der Waals surface area contributed by atoms with E-state index in [4.69, 9.17) is 19.9 Å². The Morgan fingerprint density at radius 3 is 2.29 bits per heavy atom. The zero-order valence-corrected chi connectivity index (χ0v) is 16.5. The summed E-state index contributed by atoms with van der Waals surface area (Å²) in [4.78, 5) is 3.71. The summed E-state index contributed by atoms with van der Waals surface area (Å²) in [6.45, 7) is 0.237. The number of nitrogens with two attached hydrogens (primary N) is 1. The molecule has 0 saturated heterocycles. The average Bonchev–Trinajstić information content (AvgIpc) is 2.67. The fraction of sp³-hybridized carbons (Fsp3) is 0.278. The van der Waals surface area contributed by atoms with E-state index in [0.717, 1.165) is 11.6 Å². The summed E-state index contributed by atoms with van der Waals surface area (Å²) in [7, 11) is 0.307. The maximum Gasteiger partial charge on any atom is 0.264 e. The maximum atomic E-state index is 13.7. The number of hydrogen-bond acceptors (Lipinski definition) is 6. The number of hydrogen-bond donors (Lipinski definition) is 2. The topological polar surface area (TPSA) is 112 Å². The SMILES string of the molecule is COc1ccc(S(=O)(=O)NC(N)=NCCc2ccc(OC)c(OC)c2)cc1F. The van der Waals surface area contributed by atoms with Gasteiger partial charge in [0.15, 0.2) is 23.1 Å².